The number of aromatic nitrogens is 2. The van der Waals surface area contributed by atoms with Crippen LogP contribution in [0, 0.1) is 19.8 Å². The first kappa shape index (κ1) is 23.7. The van der Waals surface area contributed by atoms with E-state index in [9.17, 15) is 4.79 Å². The predicted octanol–water partition coefficient (Wildman–Crippen LogP) is 6.97. The average Bonchev–Trinajstić information content (AvgIpc) is 3.53. The van der Waals surface area contributed by atoms with Gasteiger partial charge in [0.25, 0.3) is 0 Å². The Balaban J connectivity index is 1.08. The van der Waals surface area contributed by atoms with E-state index >= 15 is 0 Å². The summed E-state index contributed by atoms with van der Waals surface area (Å²) in [4.78, 5) is 17.6. The van der Waals surface area contributed by atoms with Crippen molar-refractivity contribution in [1.29, 1.82) is 0 Å². The van der Waals surface area contributed by atoms with E-state index in [-0.39, 0.29) is 5.91 Å². The van der Waals surface area contributed by atoms with Crippen molar-refractivity contribution in [2.24, 2.45) is 5.92 Å². The number of amides is 1. The number of hydrogen-bond donors (Lipinski definition) is 1. The van der Waals surface area contributed by atoms with Crippen molar-refractivity contribution in [3.63, 3.8) is 0 Å². The smallest absolute Gasteiger partial charge is 0.224 e. The lowest BCUT2D eigenvalue weighted by Crippen LogP contribution is -2.34. The summed E-state index contributed by atoms with van der Waals surface area (Å²) in [5.41, 5.74) is 8.38. The SMILES string of the molecule is Cc1ccc(-c2ccc(-c3cn4c(n3)CCC(CNC(=O)Cc3csc5ccccc35)C4)cc2)cc1C. The van der Waals surface area contributed by atoms with Crippen LogP contribution in [0.2, 0.25) is 0 Å². The van der Waals surface area contributed by atoms with Gasteiger partial charge in [0.2, 0.25) is 5.91 Å². The second-order valence-corrected chi connectivity index (χ2v) is 11.1. The van der Waals surface area contributed by atoms with Crippen LogP contribution in [0.3, 0.4) is 0 Å². The van der Waals surface area contributed by atoms with Crippen molar-refractivity contribution in [2.45, 2.75) is 39.7 Å². The second kappa shape index (κ2) is 9.98. The maximum absolute atomic E-state index is 12.7. The maximum atomic E-state index is 12.7. The number of rotatable bonds is 6. The summed E-state index contributed by atoms with van der Waals surface area (Å²) in [6.07, 6.45) is 4.60. The molecule has 5 heteroatoms. The number of aryl methyl sites for hydroxylation is 3. The Bertz CT molecular complexity index is 1580. The van der Waals surface area contributed by atoms with E-state index in [1.807, 2.05) is 12.1 Å². The summed E-state index contributed by atoms with van der Waals surface area (Å²) in [5, 5.41) is 6.49. The van der Waals surface area contributed by atoms with Crippen LogP contribution in [0.1, 0.15) is 28.9 Å². The van der Waals surface area contributed by atoms with Gasteiger partial charge in [-0.25, -0.2) is 4.98 Å². The van der Waals surface area contributed by atoms with Crippen molar-refractivity contribution in [3.05, 3.63) is 101 Å². The lowest BCUT2D eigenvalue weighted by atomic mass is 9.99. The molecule has 0 saturated heterocycles. The number of nitrogens with one attached hydrogen (secondary N) is 1. The summed E-state index contributed by atoms with van der Waals surface area (Å²) in [7, 11) is 0. The van der Waals surface area contributed by atoms with E-state index < -0.39 is 0 Å². The Kier molecular flexibility index (Phi) is 6.39. The van der Waals surface area contributed by atoms with Crippen molar-refractivity contribution in [1.82, 2.24) is 14.9 Å². The van der Waals surface area contributed by atoms with Gasteiger partial charge >= 0.3 is 0 Å². The molecule has 4 nitrogen and oxygen atoms in total. The first-order valence-electron chi connectivity index (χ1n) is 13.0. The number of nitrogens with zero attached hydrogens (tertiary/aromatic N) is 2. The molecule has 3 heterocycles. The Morgan fingerprint density at radius 1 is 1.00 bits per heavy atom. The molecule has 0 saturated carbocycles. The minimum Gasteiger partial charge on any atom is -0.355 e. The summed E-state index contributed by atoms with van der Waals surface area (Å²) in [5.74, 6) is 1.66. The predicted molar refractivity (Wildman–Crippen MR) is 153 cm³/mol. The Morgan fingerprint density at radius 2 is 1.78 bits per heavy atom. The van der Waals surface area contributed by atoms with E-state index in [2.05, 4.69) is 89.9 Å². The molecule has 5 aromatic rings. The van der Waals surface area contributed by atoms with Gasteiger partial charge in [0.05, 0.1) is 12.1 Å². The summed E-state index contributed by atoms with van der Waals surface area (Å²) >= 11 is 1.71. The number of carbonyl (C=O) groups is 1. The lowest BCUT2D eigenvalue weighted by molar-refractivity contribution is -0.120. The molecule has 1 atom stereocenters. The van der Waals surface area contributed by atoms with Gasteiger partial charge in [0, 0.05) is 36.0 Å². The molecule has 0 radical (unpaired) electrons. The molecule has 186 valence electrons. The summed E-state index contributed by atoms with van der Waals surface area (Å²) in [6, 6.07) is 23.6. The van der Waals surface area contributed by atoms with Crippen molar-refractivity contribution >= 4 is 27.3 Å². The van der Waals surface area contributed by atoms with Crippen molar-refractivity contribution in [3.8, 4) is 22.4 Å². The zero-order chi connectivity index (χ0) is 25.4. The van der Waals surface area contributed by atoms with Gasteiger partial charge < -0.3 is 9.88 Å². The molecule has 37 heavy (non-hydrogen) atoms. The Morgan fingerprint density at radius 3 is 2.62 bits per heavy atom. The molecule has 0 bridgehead atoms. The maximum Gasteiger partial charge on any atom is 0.224 e. The van der Waals surface area contributed by atoms with E-state index in [1.54, 1.807) is 11.3 Å². The molecule has 2 aromatic heterocycles. The highest BCUT2D eigenvalue weighted by atomic mass is 32.1. The van der Waals surface area contributed by atoms with Crippen molar-refractivity contribution < 1.29 is 4.79 Å². The monoisotopic (exact) mass is 505 g/mol. The molecule has 0 fully saturated rings. The van der Waals surface area contributed by atoms with Crippen LogP contribution >= 0.6 is 11.3 Å². The number of benzene rings is 3. The number of imidazole rings is 1. The molecule has 1 amide bonds. The molecular weight excluding hydrogens is 474 g/mol. The molecule has 1 aliphatic heterocycles. The lowest BCUT2D eigenvalue weighted by Gasteiger charge is -2.23. The van der Waals surface area contributed by atoms with E-state index in [0.29, 0.717) is 18.9 Å². The first-order chi connectivity index (χ1) is 18.0. The van der Waals surface area contributed by atoms with Crippen LogP contribution in [-0.4, -0.2) is 22.0 Å². The fraction of sp³-hybridized carbons (Fsp3) is 0.250. The molecule has 1 unspecified atom stereocenters. The minimum absolute atomic E-state index is 0.101. The van der Waals surface area contributed by atoms with E-state index in [0.717, 1.165) is 42.0 Å². The normalized spacial score (nSPS) is 15.0. The van der Waals surface area contributed by atoms with Gasteiger partial charge in [-0.2, -0.15) is 0 Å². The molecule has 0 aliphatic carbocycles. The number of thiophene rings is 1. The minimum atomic E-state index is 0.101. The molecule has 3 aromatic carbocycles. The zero-order valence-corrected chi connectivity index (χ0v) is 22.1. The standard InChI is InChI=1S/C32H31N3OS/c1-21-7-9-26(15-22(21)2)24-10-12-25(13-11-24)29-19-35-18-23(8-14-31(35)34-29)17-33-32(36)16-27-20-37-30-6-4-3-5-28(27)30/h3-7,9-13,15,19-20,23H,8,14,16-18H2,1-2H3,(H,33,36). The summed E-state index contributed by atoms with van der Waals surface area (Å²) < 4.78 is 3.51. The van der Waals surface area contributed by atoms with Crippen LogP contribution in [-0.2, 0) is 24.2 Å². The number of fused-ring (bicyclic) bond motifs is 2. The number of hydrogen-bond acceptors (Lipinski definition) is 3. The fourth-order valence-electron chi connectivity index (χ4n) is 5.24. The summed E-state index contributed by atoms with van der Waals surface area (Å²) in [6.45, 7) is 5.91. The molecule has 1 N–H and O–H groups in total. The highest BCUT2D eigenvalue weighted by Gasteiger charge is 2.21. The average molecular weight is 506 g/mol. The first-order valence-corrected chi connectivity index (χ1v) is 13.9. The van der Waals surface area contributed by atoms with Crippen LogP contribution in [0.4, 0.5) is 0 Å². The van der Waals surface area contributed by atoms with Gasteiger partial charge in [-0.3, -0.25) is 4.79 Å². The Hall–Kier alpha value is -3.70. The quantitative estimate of drug-likeness (QED) is 0.271. The largest absolute Gasteiger partial charge is 0.355 e. The molecule has 6 rings (SSSR count). The second-order valence-electron chi connectivity index (χ2n) is 10.2. The molecule has 0 spiro atoms. The van der Waals surface area contributed by atoms with Crippen LogP contribution in [0.15, 0.2) is 78.3 Å². The fourth-order valence-corrected chi connectivity index (χ4v) is 6.20. The van der Waals surface area contributed by atoms with Gasteiger partial charge in [-0.1, -0.05) is 60.7 Å². The van der Waals surface area contributed by atoms with Gasteiger partial charge in [-0.15, -0.1) is 11.3 Å². The third-order valence-electron chi connectivity index (χ3n) is 7.61. The third-order valence-corrected chi connectivity index (χ3v) is 8.62. The van der Waals surface area contributed by atoms with Crippen LogP contribution in [0.25, 0.3) is 32.5 Å². The highest BCUT2D eigenvalue weighted by molar-refractivity contribution is 7.17. The number of carbonyl (C=O) groups excluding carboxylic acids is 1. The molecule has 1 aliphatic rings. The topological polar surface area (TPSA) is 46.9 Å². The van der Waals surface area contributed by atoms with Gasteiger partial charge in [0.15, 0.2) is 0 Å². The molecular formula is C32H31N3OS. The highest BCUT2D eigenvalue weighted by Crippen LogP contribution is 2.29. The van der Waals surface area contributed by atoms with Gasteiger partial charge in [0.1, 0.15) is 5.82 Å². The van der Waals surface area contributed by atoms with Crippen LogP contribution in [0.5, 0.6) is 0 Å². The van der Waals surface area contributed by atoms with E-state index in [4.69, 9.17) is 4.98 Å². The van der Waals surface area contributed by atoms with Gasteiger partial charge in [-0.05, 0) is 70.8 Å². The van der Waals surface area contributed by atoms with Crippen molar-refractivity contribution in [2.75, 3.05) is 6.54 Å². The zero-order valence-electron chi connectivity index (χ0n) is 21.3. The van der Waals surface area contributed by atoms with Crippen LogP contribution < -0.4 is 5.32 Å². The Labute approximate surface area is 222 Å². The third kappa shape index (κ3) is 4.96. The van der Waals surface area contributed by atoms with E-state index in [1.165, 1.54) is 32.3 Å².